The van der Waals surface area contributed by atoms with Crippen molar-refractivity contribution in [3.63, 3.8) is 0 Å². The van der Waals surface area contributed by atoms with Crippen molar-refractivity contribution in [2.45, 2.75) is 35.5 Å². The van der Waals surface area contributed by atoms with Crippen molar-refractivity contribution in [2.75, 3.05) is 30.3 Å². The number of amides is 1. The first kappa shape index (κ1) is 20.7. The van der Waals surface area contributed by atoms with Gasteiger partial charge in [-0.25, -0.2) is 8.42 Å². The van der Waals surface area contributed by atoms with Crippen molar-refractivity contribution in [3.8, 4) is 0 Å². The summed E-state index contributed by atoms with van der Waals surface area (Å²) in [5.74, 6) is 0.357. The number of fused-ring (bicyclic) bond motifs is 1. The van der Waals surface area contributed by atoms with Gasteiger partial charge in [0.1, 0.15) is 0 Å². The van der Waals surface area contributed by atoms with Crippen LogP contribution in [0.1, 0.15) is 24.8 Å². The molecule has 4 rings (SSSR count). The first-order chi connectivity index (χ1) is 13.9. The Morgan fingerprint density at radius 1 is 1.00 bits per heavy atom. The Labute approximate surface area is 181 Å². The molecule has 2 aromatic carbocycles. The second-order valence-corrected chi connectivity index (χ2v) is 10.7. The lowest BCUT2D eigenvalue weighted by molar-refractivity contribution is -0.116. The summed E-state index contributed by atoms with van der Waals surface area (Å²) in [6.45, 7) is 1.84. The van der Waals surface area contributed by atoms with Gasteiger partial charge in [-0.3, -0.25) is 4.79 Å². The maximum absolute atomic E-state index is 12.9. The van der Waals surface area contributed by atoms with E-state index in [2.05, 4.69) is 0 Å². The fourth-order valence-corrected chi connectivity index (χ4v) is 6.29. The van der Waals surface area contributed by atoms with Gasteiger partial charge in [0.05, 0.1) is 10.6 Å². The number of anilines is 1. The molecule has 2 heterocycles. The van der Waals surface area contributed by atoms with E-state index < -0.39 is 10.0 Å². The van der Waals surface area contributed by atoms with Gasteiger partial charge in [-0.05, 0) is 73.7 Å². The van der Waals surface area contributed by atoms with E-state index >= 15 is 0 Å². The fraction of sp³-hybridized carbons (Fsp3) is 0.381. The van der Waals surface area contributed by atoms with Crippen LogP contribution < -0.4 is 4.90 Å². The van der Waals surface area contributed by atoms with Crippen molar-refractivity contribution in [1.82, 2.24) is 4.31 Å². The molecule has 0 aromatic heterocycles. The minimum Gasteiger partial charge on any atom is -0.311 e. The van der Waals surface area contributed by atoms with Crippen LogP contribution in [0.2, 0.25) is 5.02 Å². The molecule has 0 atom stereocenters. The predicted octanol–water partition coefficient (Wildman–Crippen LogP) is 4.20. The molecule has 1 amide bonds. The van der Waals surface area contributed by atoms with Gasteiger partial charge in [-0.1, -0.05) is 11.6 Å². The molecule has 0 bridgehead atoms. The molecule has 5 nitrogen and oxygen atoms in total. The molecule has 8 heteroatoms. The Bertz CT molecular complexity index is 1000. The molecular formula is C21H23ClN2O3S2. The number of thioether (sulfide) groups is 1. The number of halogens is 1. The number of aryl methyl sites for hydroxylation is 1. The molecule has 2 aliphatic rings. The van der Waals surface area contributed by atoms with Gasteiger partial charge in [-0.15, -0.1) is 11.8 Å². The van der Waals surface area contributed by atoms with Crippen LogP contribution in [0.3, 0.4) is 0 Å². The first-order valence-electron chi connectivity index (χ1n) is 9.77. The zero-order valence-electron chi connectivity index (χ0n) is 16.0. The highest BCUT2D eigenvalue weighted by atomic mass is 35.5. The van der Waals surface area contributed by atoms with E-state index in [1.54, 1.807) is 27.4 Å². The Morgan fingerprint density at radius 2 is 1.72 bits per heavy atom. The normalized spacial score (nSPS) is 17.3. The molecule has 0 spiro atoms. The average molecular weight is 451 g/mol. The summed E-state index contributed by atoms with van der Waals surface area (Å²) in [4.78, 5) is 16.0. The van der Waals surface area contributed by atoms with Crippen molar-refractivity contribution in [1.29, 1.82) is 0 Å². The summed E-state index contributed by atoms with van der Waals surface area (Å²) in [6.07, 6.45) is 3.44. The van der Waals surface area contributed by atoms with Crippen molar-refractivity contribution < 1.29 is 13.2 Å². The lowest BCUT2D eigenvalue weighted by atomic mass is 10.0. The van der Waals surface area contributed by atoms with Crippen LogP contribution in [0.5, 0.6) is 0 Å². The fourth-order valence-electron chi connectivity index (χ4n) is 3.82. The molecule has 29 heavy (non-hydrogen) atoms. The molecular weight excluding hydrogens is 428 g/mol. The van der Waals surface area contributed by atoms with Crippen LogP contribution in [-0.2, 0) is 21.2 Å². The number of carbonyl (C=O) groups excluding carboxylic acids is 1. The minimum atomic E-state index is -3.44. The summed E-state index contributed by atoms with van der Waals surface area (Å²) in [6, 6.07) is 12.6. The summed E-state index contributed by atoms with van der Waals surface area (Å²) >= 11 is 7.39. The smallest absolute Gasteiger partial charge is 0.243 e. The summed E-state index contributed by atoms with van der Waals surface area (Å²) in [5, 5.41) is 0.672. The Balaban J connectivity index is 1.50. The first-order valence-corrected chi connectivity index (χ1v) is 12.6. The molecule has 0 N–H and O–H groups in total. The average Bonchev–Trinajstić information content (AvgIpc) is 3.28. The lowest BCUT2D eigenvalue weighted by Crippen LogP contribution is -2.37. The van der Waals surface area contributed by atoms with E-state index in [1.807, 2.05) is 24.3 Å². The van der Waals surface area contributed by atoms with E-state index in [9.17, 15) is 13.2 Å². The van der Waals surface area contributed by atoms with E-state index in [-0.39, 0.29) is 5.91 Å². The van der Waals surface area contributed by atoms with E-state index in [4.69, 9.17) is 11.6 Å². The highest BCUT2D eigenvalue weighted by Crippen LogP contribution is 2.32. The maximum Gasteiger partial charge on any atom is 0.243 e. The van der Waals surface area contributed by atoms with Gasteiger partial charge >= 0.3 is 0 Å². The van der Waals surface area contributed by atoms with Crippen molar-refractivity contribution in [2.24, 2.45) is 0 Å². The molecule has 1 fully saturated rings. The number of hydrogen-bond acceptors (Lipinski definition) is 4. The summed E-state index contributed by atoms with van der Waals surface area (Å²) in [7, 11) is -3.44. The topological polar surface area (TPSA) is 57.7 Å². The molecule has 154 valence electrons. The number of rotatable bonds is 5. The third-order valence-corrected chi connectivity index (χ3v) is 8.49. The SMILES string of the molecule is O=C(CSc1ccc(Cl)cc1)N1CCCc2cc(S(=O)(=O)N3CCCC3)ccc21. The van der Waals surface area contributed by atoms with E-state index in [0.29, 0.717) is 35.3 Å². The lowest BCUT2D eigenvalue weighted by Gasteiger charge is -2.30. The van der Waals surface area contributed by atoms with Crippen molar-refractivity contribution in [3.05, 3.63) is 53.1 Å². The van der Waals surface area contributed by atoms with Gasteiger partial charge in [-0.2, -0.15) is 4.31 Å². The van der Waals surface area contributed by atoms with Gasteiger partial charge in [0.25, 0.3) is 0 Å². The third-order valence-electron chi connectivity index (χ3n) is 5.35. The molecule has 0 aliphatic carbocycles. The molecule has 2 aliphatic heterocycles. The molecule has 1 saturated heterocycles. The zero-order chi connectivity index (χ0) is 20.4. The van der Waals surface area contributed by atoms with Gasteiger partial charge in [0, 0.05) is 35.2 Å². The van der Waals surface area contributed by atoms with E-state index in [1.165, 1.54) is 11.8 Å². The van der Waals surface area contributed by atoms with Gasteiger partial charge in [0.15, 0.2) is 0 Å². The highest BCUT2D eigenvalue weighted by Gasteiger charge is 2.29. The van der Waals surface area contributed by atoms with Crippen LogP contribution >= 0.6 is 23.4 Å². The largest absolute Gasteiger partial charge is 0.311 e. The number of nitrogens with zero attached hydrogens (tertiary/aromatic N) is 2. The molecule has 0 radical (unpaired) electrons. The van der Waals surface area contributed by atoms with Crippen molar-refractivity contribution >= 4 is 45.0 Å². The number of sulfonamides is 1. The van der Waals surface area contributed by atoms with Gasteiger partial charge in [0.2, 0.25) is 15.9 Å². The Hall–Kier alpha value is -1.54. The van der Waals surface area contributed by atoms with Crippen LogP contribution in [0.4, 0.5) is 5.69 Å². The standard InChI is InChI=1S/C21H23ClN2O3S2/c22-17-5-7-18(8-6-17)28-15-21(25)24-13-3-4-16-14-19(9-10-20(16)24)29(26,27)23-11-1-2-12-23/h5-10,14H,1-4,11-13,15H2. The van der Waals surface area contributed by atoms with Crippen LogP contribution in [-0.4, -0.2) is 44.0 Å². The second-order valence-electron chi connectivity index (χ2n) is 7.29. The number of hydrogen-bond donors (Lipinski definition) is 0. The summed E-state index contributed by atoms with van der Waals surface area (Å²) in [5.41, 5.74) is 1.76. The van der Waals surface area contributed by atoms with E-state index in [0.717, 1.165) is 41.8 Å². The van der Waals surface area contributed by atoms with Crippen LogP contribution in [0.15, 0.2) is 52.3 Å². The summed E-state index contributed by atoms with van der Waals surface area (Å²) < 4.78 is 27.3. The molecule has 0 saturated carbocycles. The number of carbonyl (C=O) groups is 1. The maximum atomic E-state index is 12.9. The second kappa shape index (κ2) is 8.68. The minimum absolute atomic E-state index is 0.0288. The Morgan fingerprint density at radius 3 is 2.45 bits per heavy atom. The van der Waals surface area contributed by atoms with Crippen LogP contribution in [0.25, 0.3) is 0 Å². The quantitative estimate of drug-likeness (QED) is 0.640. The highest BCUT2D eigenvalue weighted by molar-refractivity contribution is 8.00. The predicted molar refractivity (Wildman–Crippen MR) is 117 cm³/mol. The Kier molecular flexibility index (Phi) is 6.20. The monoisotopic (exact) mass is 450 g/mol. The number of benzene rings is 2. The zero-order valence-corrected chi connectivity index (χ0v) is 18.4. The third kappa shape index (κ3) is 4.48. The van der Waals surface area contributed by atoms with Crippen LogP contribution in [0, 0.1) is 0 Å². The molecule has 2 aromatic rings. The van der Waals surface area contributed by atoms with Gasteiger partial charge < -0.3 is 4.90 Å². The molecule has 0 unspecified atom stereocenters.